The highest BCUT2D eigenvalue weighted by atomic mass is 32.2. The van der Waals surface area contributed by atoms with Crippen LogP contribution in [-0.4, -0.2) is 59.3 Å². The molecule has 3 rings (SSSR count). The molecule has 0 radical (unpaired) electrons. The van der Waals surface area contributed by atoms with Crippen LogP contribution in [0.4, 0.5) is 0 Å². The van der Waals surface area contributed by atoms with Crippen LogP contribution >= 0.6 is 0 Å². The molecule has 0 aliphatic carbocycles. The maximum absolute atomic E-state index is 13.0. The van der Waals surface area contributed by atoms with Crippen molar-refractivity contribution in [3.8, 4) is 5.75 Å². The van der Waals surface area contributed by atoms with Gasteiger partial charge in [-0.3, -0.25) is 0 Å². The van der Waals surface area contributed by atoms with Crippen LogP contribution < -0.4 is 4.74 Å². The van der Waals surface area contributed by atoms with Crippen LogP contribution in [0.5, 0.6) is 5.75 Å². The van der Waals surface area contributed by atoms with E-state index >= 15 is 0 Å². The van der Waals surface area contributed by atoms with Crippen molar-refractivity contribution in [3.63, 3.8) is 0 Å². The molecule has 0 saturated carbocycles. The predicted molar refractivity (Wildman–Crippen MR) is 89.7 cm³/mol. The fourth-order valence-corrected chi connectivity index (χ4v) is 5.40. The maximum Gasteiger partial charge on any atom is 0.243 e. The molecule has 134 valence electrons. The highest BCUT2D eigenvalue weighted by molar-refractivity contribution is 7.89. The third-order valence-electron chi connectivity index (χ3n) is 5.08. The normalized spacial score (nSPS) is 28.3. The number of methoxy groups -OCH3 is 2. The molecule has 24 heavy (non-hydrogen) atoms. The third kappa shape index (κ3) is 3.18. The van der Waals surface area contributed by atoms with Crippen molar-refractivity contribution in [2.45, 2.75) is 30.3 Å². The molecule has 0 amide bonds. The number of benzene rings is 1. The molecule has 0 unspecified atom stereocenters. The van der Waals surface area contributed by atoms with Gasteiger partial charge in [0.1, 0.15) is 5.75 Å². The van der Waals surface area contributed by atoms with Crippen molar-refractivity contribution >= 4 is 10.0 Å². The van der Waals surface area contributed by atoms with Gasteiger partial charge in [-0.2, -0.15) is 4.31 Å². The molecular formula is C17H25NO5S. The molecule has 2 atom stereocenters. The van der Waals surface area contributed by atoms with Crippen molar-refractivity contribution in [3.05, 3.63) is 24.3 Å². The average Bonchev–Trinajstić information content (AvgIpc) is 2.61. The van der Waals surface area contributed by atoms with Crippen LogP contribution in [0.25, 0.3) is 0 Å². The van der Waals surface area contributed by atoms with Crippen molar-refractivity contribution < 1.29 is 22.6 Å². The Balaban J connectivity index is 1.85. The van der Waals surface area contributed by atoms with Crippen molar-refractivity contribution in [2.75, 3.05) is 40.5 Å². The summed E-state index contributed by atoms with van der Waals surface area (Å²) in [7, 11) is -0.302. The van der Waals surface area contributed by atoms with Gasteiger partial charge in [-0.25, -0.2) is 8.42 Å². The molecule has 2 fully saturated rings. The van der Waals surface area contributed by atoms with Crippen molar-refractivity contribution in [2.24, 2.45) is 5.41 Å². The number of hydrogen-bond donors (Lipinski definition) is 0. The Kier molecular flexibility index (Phi) is 5.15. The average molecular weight is 355 g/mol. The Morgan fingerprint density at radius 1 is 1.29 bits per heavy atom. The fourth-order valence-electron chi connectivity index (χ4n) is 3.85. The highest BCUT2D eigenvalue weighted by Crippen LogP contribution is 2.41. The van der Waals surface area contributed by atoms with Crippen molar-refractivity contribution in [1.29, 1.82) is 0 Å². The molecule has 1 aromatic rings. The van der Waals surface area contributed by atoms with E-state index in [1.165, 1.54) is 0 Å². The van der Waals surface area contributed by atoms with Gasteiger partial charge in [-0.05, 0) is 43.5 Å². The summed E-state index contributed by atoms with van der Waals surface area (Å²) in [6.45, 7) is 2.19. The molecule has 1 aromatic carbocycles. The first-order valence-corrected chi connectivity index (χ1v) is 9.71. The monoisotopic (exact) mass is 355 g/mol. The van der Waals surface area contributed by atoms with Crippen LogP contribution in [-0.2, 0) is 19.5 Å². The first-order valence-electron chi connectivity index (χ1n) is 8.27. The summed E-state index contributed by atoms with van der Waals surface area (Å²) in [5.74, 6) is 0.643. The molecule has 0 aromatic heterocycles. The summed E-state index contributed by atoms with van der Waals surface area (Å²) in [5.41, 5.74) is -0.245. The predicted octanol–water partition coefficient (Wildman–Crippen LogP) is 1.90. The minimum absolute atomic E-state index is 0.0773. The highest BCUT2D eigenvalue weighted by Gasteiger charge is 2.48. The lowest BCUT2D eigenvalue weighted by Crippen LogP contribution is -2.57. The standard InChI is InChI=1S/C17H25NO5S/c1-21-13-17-9-3-11-23-16(17)8-10-18(12-17)24(19,20)15-6-4-14(22-2)5-7-15/h4-7,16H,3,8-13H2,1-2H3/t16-,17-/m1/s1. The molecule has 2 aliphatic heterocycles. The van der Waals surface area contributed by atoms with E-state index in [1.54, 1.807) is 42.8 Å². The second-order valence-electron chi connectivity index (χ2n) is 6.56. The van der Waals surface area contributed by atoms with Gasteiger partial charge in [-0.15, -0.1) is 0 Å². The zero-order valence-electron chi connectivity index (χ0n) is 14.2. The van der Waals surface area contributed by atoms with Crippen LogP contribution in [0.1, 0.15) is 19.3 Å². The summed E-state index contributed by atoms with van der Waals surface area (Å²) >= 11 is 0. The SMILES string of the molecule is COC[C@]12CCCO[C@@H]1CCN(S(=O)(=O)c1ccc(OC)cc1)C2. The van der Waals surface area contributed by atoms with E-state index in [0.29, 0.717) is 36.8 Å². The lowest BCUT2D eigenvalue weighted by Gasteiger charge is -2.49. The number of piperidine rings is 1. The van der Waals surface area contributed by atoms with Gasteiger partial charge in [0.2, 0.25) is 10.0 Å². The van der Waals surface area contributed by atoms with Gasteiger partial charge in [0.05, 0.1) is 24.7 Å². The van der Waals surface area contributed by atoms with Crippen LogP contribution in [0.15, 0.2) is 29.2 Å². The van der Waals surface area contributed by atoms with Crippen LogP contribution in [0.3, 0.4) is 0 Å². The Bertz CT molecular complexity index is 656. The van der Waals surface area contributed by atoms with Gasteiger partial charge in [-0.1, -0.05) is 0 Å². The fraction of sp³-hybridized carbons (Fsp3) is 0.647. The Morgan fingerprint density at radius 3 is 2.71 bits per heavy atom. The van der Waals surface area contributed by atoms with E-state index in [9.17, 15) is 8.42 Å². The van der Waals surface area contributed by atoms with E-state index < -0.39 is 10.0 Å². The van der Waals surface area contributed by atoms with E-state index in [-0.39, 0.29) is 11.5 Å². The first-order chi connectivity index (χ1) is 11.5. The third-order valence-corrected chi connectivity index (χ3v) is 6.94. The number of hydrogen-bond acceptors (Lipinski definition) is 5. The Morgan fingerprint density at radius 2 is 2.04 bits per heavy atom. The number of sulfonamides is 1. The Hall–Kier alpha value is -1.15. The summed E-state index contributed by atoms with van der Waals surface area (Å²) in [6.07, 6.45) is 2.66. The quantitative estimate of drug-likeness (QED) is 0.807. The second-order valence-corrected chi connectivity index (χ2v) is 8.50. The maximum atomic E-state index is 13.0. The van der Waals surface area contributed by atoms with Gasteiger partial charge >= 0.3 is 0 Å². The van der Waals surface area contributed by atoms with Gasteiger partial charge in [0, 0.05) is 32.2 Å². The lowest BCUT2D eigenvalue weighted by molar-refractivity contribution is -0.137. The van der Waals surface area contributed by atoms with Gasteiger partial charge in [0.25, 0.3) is 0 Å². The zero-order valence-corrected chi connectivity index (χ0v) is 15.0. The van der Waals surface area contributed by atoms with Crippen LogP contribution in [0.2, 0.25) is 0 Å². The lowest BCUT2D eigenvalue weighted by atomic mass is 9.73. The summed E-state index contributed by atoms with van der Waals surface area (Å²) in [4.78, 5) is 0.297. The van der Waals surface area contributed by atoms with E-state index in [0.717, 1.165) is 19.4 Å². The summed E-state index contributed by atoms with van der Waals surface area (Å²) < 4.78 is 44.0. The molecule has 0 bridgehead atoms. The largest absolute Gasteiger partial charge is 0.497 e. The second kappa shape index (κ2) is 7.00. The minimum Gasteiger partial charge on any atom is -0.497 e. The molecule has 0 spiro atoms. The minimum atomic E-state index is -3.53. The smallest absolute Gasteiger partial charge is 0.243 e. The number of nitrogens with zero attached hydrogens (tertiary/aromatic N) is 1. The van der Waals surface area contributed by atoms with Crippen molar-refractivity contribution in [1.82, 2.24) is 4.31 Å². The molecule has 2 heterocycles. The van der Waals surface area contributed by atoms with Gasteiger partial charge in [0.15, 0.2) is 0 Å². The molecule has 6 nitrogen and oxygen atoms in total. The zero-order chi connectivity index (χ0) is 17.2. The Labute approximate surface area is 143 Å². The van der Waals surface area contributed by atoms with E-state index in [1.807, 2.05) is 0 Å². The first kappa shape index (κ1) is 17.7. The van der Waals surface area contributed by atoms with E-state index in [2.05, 4.69) is 0 Å². The number of fused-ring (bicyclic) bond motifs is 1. The summed E-state index contributed by atoms with van der Waals surface area (Å²) in [5, 5.41) is 0. The molecule has 0 N–H and O–H groups in total. The molecule has 2 aliphatic rings. The molecule has 2 saturated heterocycles. The molecule has 7 heteroatoms. The van der Waals surface area contributed by atoms with Crippen LogP contribution in [0, 0.1) is 5.41 Å². The number of ether oxygens (including phenoxy) is 3. The summed E-state index contributed by atoms with van der Waals surface area (Å²) in [6, 6.07) is 6.55. The number of rotatable bonds is 5. The van der Waals surface area contributed by atoms with Gasteiger partial charge < -0.3 is 14.2 Å². The molecular weight excluding hydrogens is 330 g/mol. The topological polar surface area (TPSA) is 65.1 Å². The van der Waals surface area contributed by atoms with E-state index in [4.69, 9.17) is 14.2 Å².